The van der Waals surface area contributed by atoms with Crippen LogP contribution < -0.4 is 4.74 Å². The summed E-state index contributed by atoms with van der Waals surface area (Å²) in [4.78, 5) is 28.3. The van der Waals surface area contributed by atoms with Gasteiger partial charge in [0.2, 0.25) is 5.75 Å². The van der Waals surface area contributed by atoms with E-state index in [1.165, 1.54) is 24.2 Å². The number of ketones is 1. The number of nitrogens with zero attached hydrogens (tertiary/aromatic N) is 2. The summed E-state index contributed by atoms with van der Waals surface area (Å²) in [7, 11) is 0. The Morgan fingerprint density at radius 1 is 1.10 bits per heavy atom. The van der Waals surface area contributed by atoms with Gasteiger partial charge < -0.3 is 9.64 Å². The summed E-state index contributed by atoms with van der Waals surface area (Å²) in [6, 6.07) is 11.3. The van der Waals surface area contributed by atoms with Crippen molar-refractivity contribution in [3.05, 3.63) is 63.2 Å². The summed E-state index contributed by atoms with van der Waals surface area (Å²) in [6.45, 7) is 6.43. The molecule has 2 heterocycles. The quantitative estimate of drug-likeness (QED) is 0.505. The molecule has 1 atom stereocenters. The highest BCUT2D eigenvalue weighted by Crippen LogP contribution is 2.45. The number of nitro benzene ring substituents is 1. The number of hydrogen-bond acceptors (Lipinski definition) is 6. The molecule has 1 unspecified atom stereocenters. The number of fused-ring (bicyclic) bond motifs is 1. The number of carbonyl (C=O) groups excluding carboxylic acids is 1. The molecule has 0 N–H and O–H groups in total. The molecule has 0 radical (unpaired) electrons. The average Bonchev–Trinajstić information content (AvgIpc) is 2.73. The minimum absolute atomic E-state index is 0.0771. The number of rotatable bonds is 5. The van der Waals surface area contributed by atoms with Gasteiger partial charge in [-0.05, 0) is 63.5 Å². The standard InChI is InChI=1S/C23H26N2O4S/c1-16-6-8-18(9-7-16)30-23(14-24-10-4-3-5-11-24)15-29-21-19(22(23)26)12-17(2)13-20(21)25(27)28/h6-9,12-13H,3-5,10-11,14-15H2,1-2H3. The molecule has 1 fully saturated rings. The van der Waals surface area contributed by atoms with Gasteiger partial charge in [-0.15, -0.1) is 11.8 Å². The highest BCUT2D eigenvalue weighted by molar-refractivity contribution is 8.01. The van der Waals surface area contributed by atoms with E-state index in [-0.39, 0.29) is 23.8 Å². The van der Waals surface area contributed by atoms with Crippen LogP contribution in [-0.4, -0.2) is 46.6 Å². The van der Waals surface area contributed by atoms with Crippen molar-refractivity contribution in [3.8, 4) is 5.75 Å². The number of carbonyl (C=O) groups is 1. The van der Waals surface area contributed by atoms with Gasteiger partial charge in [0.15, 0.2) is 5.78 Å². The van der Waals surface area contributed by atoms with Crippen molar-refractivity contribution in [1.29, 1.82) is 0 Å². The average molecular weight is 427 g/mol. The van der Waals surface area contributed by atoms with Gasteiger partial charge >= 0.3 is 5.69 Å². The molecule has 0 amide bonds. The SMILES string of the molecule is Cc1ccc(SC2(CN3CCCCC3)COc3c(cc(C)cc3[N+](=O)[O-])C2=O)cc1. The van der Waals surface area contributed by atoms with Crippen molar-refractivity contribution < 1.29 is 14.5 Å². The molecular formula is C23H26N2O4S. The van der Waals surface area contributed by atoms with Crippen LogP contribution in [0, 0.1) is 24.0 Å². The van der Waals surface area contributed by atoms with E-state index in [4.69, 9.17) is 4.74 Å². The minimum Gasteiger partial charge on any atom is -0.484 e. The van der Waals surface area contributed by atoms with E-state index in [9.17, 15) is 14.9 Å². The number of hydrogen-bond donors (Lipinski definition) is 0. The third kappa shape index (κ3) is 4.09. The monoisotopic (exact) mass is 426 g/mol. The van der Waals surface area contributed by atoms with E-state index in [0.717, 1.165) is 36.4 Å². The van der Waals surface area contributed by atoms with Crippen LogP contribution in [0.4, 0.5) is 5.69 Å². The number of piperidine rings is 1. The first-order valence-electron chi connectivity index (χ1n) is 10.3. The Labute approximate surface area is 180 Å². The summed E-state index contributed by atoms with van der Waals surface area (Å²) < 4.78 is 5.15. The number of thioether (sulfide) groups is 1. The van der Waals surface area contributed by atoms with Gasteiger partial charge in [-0.3, -0.25) is 14.9 Å². The largest absolute Gasteiger partial charge is 0.484 e. The fourth-order valence-corrected chi connectivity index (χ4v) is 5.54. The predicted molar refractivity (Wildman–Crippen MR) is 118 cm³/mol. The highest BCUT2D eigenvalue weighted by atomic mass is 32.2. The van der Waals surface area contributed by atoms with Gasteiger partial charge in [-0.2, -0.15) is 0 Å². The zero-order valence-electron chi connectivity index (χ0n) is 17.3. The van der Waals surface area contributed by atoms with Crippen LogP contribution in [0.1, 0.15) is 40.7 Å². The zero-order valence-corrected chi connectivity index (χ0v) is 18.2. The van der Waals surface area contributed by atoms with E-state index in [0.29, 0.717) is 17.7 Å². The molecule has 7 heteroatoms. The van der Waals surface area contributed by atoms with Crippen LogP contribution in [-0.2, 0) is 0 Å². The number of aryl methyl sites for hydroxylation is 2. The maximum absolute atomic E-state index is 13.9. The molecule has 2 aromatic carbocycles. The van der Waals surface area contributed by atoms with Crippen molar-refractivity contribution in [2.45, 2.75) is 42.8 Å². The number of likely N-dealkylation sites (tertiary alicyclic amines) is 1. The number of Topliss-reactive ketones (excluding diaryl/α,β-unsaturated/α-hetero) is 1. The van der Waals surface area contributed by atoms with Gasteiger partial charge in [0.05, 0.1) is 10.5 Å². The van der Waals surface area contributed by atoms with E-state index in [1.807, 2.05) is 31.2 Å². The second kappa shape index (κ2) is 8.40. The summed E-state index contributed by atoms with van der Waals surface area (Å²) in [5.41, 5.74) is 2.04. The van der Waals surface area contributed by atoms with Crippen molar-refractivity contribution in [2.24, 2.45) is 0 Å². The first-order valence-corrected chi connectivity index (χ1v) is 11.1. The van der Waals surface area contributed by atoms with Gasteiger partial charge in [0, 0.05) is 17.5 Å². The Bertz CT molecular complexity index is 970. The molecule has 0 saturated carbocycles. The van der Waals surface area contributed by atoms with Crippen molar-refractivity contribution in [1.82, 2.24) is 4.90 Å². The second-order valence-corrected chi connectivity index (χ2v) is 9.74. The number of nitro groups is 1. The van der Waals surface area contributed by atoms with Crippen LogP contribution in [0.25, 0.3) is 0 Å². The molecule has 30 heavy (non-hydrogen) atoms. The topological polar surface area (TPSA) is 72.7 Å². The van der Waals surface area contributed by atoms with Crippen LogP contribution in [0.2, 0.25) is 0 Å². The molecule has 158 valence electrons. The van der Waals surface area contributed by atoms with E-state index in [1.54, 1.807) is 13.0 Å². The summed E-state index contributed by atoms with van der Waals surface area (Å²) in [5, 5.41) is 11.5. The van der Waals surface area contributed by atoms with Crippen molar-refractivity contribution in [2.75, 3.05) is 26.2 Å². The Balaban J connectivity index is 1.75. The summed E-state index contributed by atoms with van der Waals surface area (Å²) in [6.07, 6.45) is 3.47. The first-order chi connectivity index (χ1) is 14.4. The zero-order chi connectivity index (χ0) is 21.3. The van der Waals surface area contributed by atoms with Crippen LogP contribution in [0.5, 0.6) is 5.75 Å². The lowest BCUT2D eigenvalue weighted by molar-refractivity contribution is -0.386. The lowest BCUT2D eigenvalue weighted by Gasteiger charge is -2.40. The Hall–Kier alpha value is -2.38. The van der Waals surface area contributed by atoms with E-state index in [2.05, 4.69) is 4.90 Å². The molecule has 6 nitrogen and oxygen atoms in total. The molecule has 0 spiro atoms. The normalized spacial score (nSPS) is 21.7. The van der Waals surface area contributed by atoms with Gasteiger partial charge in [-0.1, -0.05) is 24.1 Å². The summed E-state index contributed by atoms with van der Waals surface area (Å²) in [5.74, 6) is 0.0288. The van der Waals surface area contributed by atoms with Crippen LogP contribution in [0.15, 0.2) is 41.3 Å². The maximum atomic E-state index is 13.9. The van der Waals surface area contributed by atoms with Crippen LogP contribution in [0.3, 0.4) is 0 Å². The maximum Gasteiger partial charge on any atom is 0.311 e. The molecule has 1 saturated heterocycles. The number of benzene rings is 2. The Morgan fingerprint density at radius 2 is 1.80 bits per heavy atom. The van der Waals surface area contributed by atoms with Crippen molar-refractivity contribution >= 4 is 23.2 Å². The van der Waals surface area contributed by atoms with Gasteiger partial charge in [0.1, 0.15) is 11.4 Å². The lowest BCUT2D eigenvalue weighted by Crippen LogP contribution is -2.53. The first kappa shape index (κ1) is 20.9. The predicted octanol–water partition coefficient (Wildman–Crippen LogP) is 4.80. The molecule has 0 aromatic heterocycles. The van der Waals surface area contributed by atoms with Gasteiger partial charge in [0.25, 0.3) is 0 Å². The molecule has 0 bridgehead atoms. The van der Waals surface area contributed by atoms with E-state index >= 15 is 0 Å². The molecule has 0 aliphatic carbocycles. The fourth-order valence-electron chi connectivity index (χ4n) is 4.25. The molecule has 4 rings (SSSR count). The molecule has 2 aliphatic rings. The fraction of sp³-hybridized carbons (Fsp3) is 0.435. The van der Waals surface area contributed by atoms with Crippen molar-refractivity contribution in [3.63, 3.8) is 0 Å². The third-order valence-electron chi connectivity index (χ3n) is 5.78. The molecular weight excluding hydrogens is 400 g/mol. The van der Waals surface area contributed by atoms with Gasteiger partial charge in [-0.25, -0.2) is 0 Å². The number of ether oxygens (including phenoxy) is 1. The highest BCUT2D eigenvalue weighted by Gasteiger charge is 2.48. The smallest absolute Gasteiger partial charge is 0.311 e. The summed E-state index contributed by atoms with van der Waals surface area (Å²) >= 11 is 1.52. The Morgan fingerprint density at radius 3 is 2.47 bits per heavy atom. The second-order valence-electron chi connectivity index (χ2n) is 8.28. The Kier molecular flexibility index (Phi) is 5.84. The lowest BCUT2D eigenvalue weighted by atomic mass is 9.91. The third-order valence-corrected chi connectivity index (χ3v) is 7.11. The van der Waals surface area contributed by atoms with E-state index < -0.39 is 9.67 Å². The minimum atomic E-state index is -0.832. The molecule has 2 aliphatic heterocycles. The van der Waals surface area contributed by atoms with Crippen LogP contribution >= 0.6 is 11.8 Å². The molecule has 2 aromatic rings.